The second kappa shape index (κ2) is 5.62. The zero-order valence-corrected chi connectivity index (χ0v) is 12.2. The molecule has 0 fully saturated rings. The molecule has 8 nitrogen and oxygen atoms in total. The highest BCUT2D eigenvalue weighted by molar-refractivity contribution is 7.99. The van der Waals surface area contributed by atoms with E-state index in [9.17, 15) is 19.5 Å². The van der Waals surface area contributed by atoms with Gasteiger partial charge in [0.2, 0.25) is 0 Å². The fourth-order valence-corrected chi connectivity index (χ4v) is 2.77. The fraction of sp³-hybridized carbons (Fsp3) is 0.0909. The molecule has 0 aliphatic carbocycles. The van der Waals surface area contributed by atoms with Gasteiger partial charge in [0.05, 0.1) is 10.6 Å². The third kappa shape index (κ3) is 3.09. The van der Waals surface area contributed by atoms with E-state index in [-0.39, 0.29) is 26.3 Å². The van der Waals surface area contributed by atoms with Crippen LogP contribution in [0.1, 0.15) is 10.4 Å². The van der Waals surface area contributed by atoms with Crippen LogP contribution in [0.4, 0.5) is 5.69 Å². The third-order valence-electron chi connectivity index (χ3n) is 2.44. The van der Waals surface area contributed by atoms with E-state index >= 15 is 0 Å². The molecule has 0 spiro atoms. The van der Waals surface area contributed by atoms with Gasteiger partial charge in [0.15, 0.2) is 5.16 Å². The summed E-state index contributed by atoms with van der Waals surface area (Å²) < 4.78 is 1.20. The molecule has 0 saturated carbocycles. The lowest BCUT2D eigenvalue weighted by Gasteiger charge is -2.10. The molecule has 1 aromatic carbocycles. The second-order valence-electron chi connectivity index (χ2n) is 3.99. The van der Waals surface area contributed by atoms with Crippen molar-refractivity contribution in [2.24, 2.45) is 7.05 Å². The van der Waals surface area contributed by atoms with Crippen LogP contribution in [0.3, 0.4) is 0 Å². The van der Waals surface area contributed by atoms with Crippen LogP contribution in [0, 0.1) is 0 Å². The molecule has 2 aromatic rings. The largest absolute Gasteiger partial charge is 0.478 e. The molecule has 2 rings (SSSR count). The number of nitrogens with one attached hydrogen (secondary N) is 1. The summed E-state index contributed by atoms with van der Waals surface area (Å²) in [6.45, 7) is 0. The molecule has 0 bridgehead atoms. The molecule has 0 aliphatic heterocycles. The number of hydrogen-bond acceptors (Lipinski definition) is 6. The quantitative estimate of drug-likeness (QED) is 0.554. The molecule has 110 valence electrons. The van der Waals surface area contributed by atoms with Gasteiger partial charge in [0.1, 0.15) is 0 Å². The van der Waals surface area contributed by atoms with Gasteiger partial charge < -0.3 is 10.8 Å². The number of carboxylic acid groups (broad SMARTS) is 1. The van der Waals surface area contributed by atoms with Gasteiger partial charge in [-0.15, -0.1) is 0 Å². The predicted molar refractivity (Wildman–Crippen MR) is 77.0 cm³/mol. The Morgan fingerprint density at radius 3 is 2.76 bits per heavy atom. The number of aromatic amines is 1. The van der Waals surface area contributed by atoms with E-state index in [0.29, 0.717) is 0 Å². The molecule has 0 unspecified atom stereocenters. The van der Waals surface area contributed by atoms with Crippen molar-refractivity contribution in [1.82, 2.24) is 14.8 Å². The van der Waals surface area contributed by atoms with Crippen LogP contribution >= 0.6 is 23.4 Å². The minimum absolute atomic E-state index is 0.0915. The zero-order chi connectivity index (χ0) is 15.7. The van der Waals surface area contributed by atoms with Crippen LogP contribution in [-0.4, -0.2) is 25.8 Å². The van der Waals surface area contributed by atoms with E-state index < -0.39 is 17.1 Å². The number of anilines is 1. The van der Waals surface area contributed by atoms with Crippen molar-refractivity contribution < 1.29 is 9.90 Å². The van der Waals surface area contributed by atoms with E-state index in [0.717, 1.165) is 11.8 Å². The van der Waals surface area contributed by atoms with Gasteiger partial charge in [-0.1, -0.05) is 11.6 Å². The number of carbonyl (C=O) groups is 1. The van der Waals surface area contributed by atoms with E-state index in [4.69, 9.17) is 17.3 Å². The van der Waals surface area contributed by atoms with Crippen molar-refractivity contribution in [3.05, 3.63) is 43.4 Å². The number of rotatable bonds is 3. The predicted octanol–water partition coefficient (Wildman–Crippen LogP) is 0.554. The van der Waals surface area contributed by atoms with Gasteiger partial charge in [0.25, 0.3) is 0 Å². The van der Waals surface area contributed by atoms with Crippen LogP contribution in [0.25, 0.3) is 0 Å². The molecule has 0 atom stereocenters. The number of nitrogen functional groups attached to an aromatic ring is 1. The maximum absolute atomic E-state index is 11.3. The molecule has 0 aliphatic rings. The first-order valence-corrected chi connectivity index (χ1v) is 6.66. The summed E-state index contributed by atoms with van der Waals surface area (Å²) in [5.74, 6) is -1.22. The lowest BCUT2D eigenvalue weighted by molar-refractivity contribution is 0.0693. The van der Waals surface area contributed by atoms with Gasteiger partial charge in [-0.05, 0) is 23.9 Å². The zero-order valence-electron chi connectivity index (χ0n) is 10.6. The van der Waals surface area contributed by atoms with Crippen LogP contribution in [0.5, 0.6) is 0 Å². The van der Waals surface area contributed by atoms with Crippen LogP contribution in [-0.2, 0) is 7.05 Å². The van der Waals surface area contributed by atoms with Gasteiger partial charge in [0, 0.05) is 17.6 Å². The number of halogens is 1. The smallest absolute Gasteiger partial charge is 0.339 e. The average molecular weight is 329 g/mol. The normalized spacial score (nSPS) is 10.6. The molecule has 4 N–H and O–H groups in total. The van der Waals surface area contributed by atoms with Gasteiger partial charge in [-0.25, -0.2) is 4.79 Å². The van der Waals surface area contributed by atoms with Crippen molar-refractivity contribution in [2.45, 2.75) is 10.1 Å². The number of aromatic carboxylic acids is 1. The SMILES string of the molecule is Cn1[nH]c(=O)c(=O)nc1Sc1c(Cl)cc(N)cc1C(=O)O. The summed E-state index contributed by atoms with van der Waals surface area (Å²) in [6, 6.07) is 2.64. The molecule has 10 heteroatoms. The third-order valence-corrected chi connectivity index (χ3v) is 4.04. The van der Waals surface area contributed by atoms with E-state index in [1.807, 2.05) is 0 Å². The summed E-state index contributed by atoms with van der Waals surface area (Å²) in [4.78, 5) is 37.4. The Morgan fingerprint density at radius 2 is 2.14 bits per heavy atom. The Hall–Kier alpha value is -2.26. The molecule has 0 amide bonds. The lowest BCUT2D eigenvalue weighted by atomic mass is 10.2. The summed E-state index contributed by atoms with van der Waals surface area (Å²) in [7, 11) is 1.46. The molecule has 0 radical (unpaired) electrons. The Morgan fingerprint density at radius 1 is 1.48 bits per heavy atom. The van der Waals surface area contributed by atoms with Crippen LogP contribution in [0.15, 0.2) is 31.8 Å². The highest BCUT2D eigenvalue weighted by atomic mass is 35.5. The number of aromatic nitrogens is 3. The highest BCUT2D eigenvalue weighted by Gasteiger charge is 2.18. The second-order valence-corrected chi connectivity index (χ2v) is 5.37. The number of H-pyrrole nitrogens is 1. The number of hydrogen-bond donors (Lipinski definition) is 3. The molecule has 1 aromatic heterocycles. The molecular weight excluding hydrogens is 320 g/mol. The Labute approximate surface area is 126 Å². The topological polar surface area (TPSA) is 131 Å². The van der Waals surface area contributed by atoms with E-state index in [1.54, 1.807) is 0 Å². The summed E-state index contributed by atoms with van der Waals surface area (Å²) in [6.07, 6.45) is 0. The molecule has 21 heavy (non-hydrogen) atoms. The van der Waals surface area contributed by atoms with E-state index in [1.165, 1.54) is 23.9 Å². The first-order valence-electron chi connectivity index (χ1n) is 5.47. The Kier molecular flexibility index (Phi) is 4.05. The average Bonchev–Trinajstić information content (AvgIpc) is 2.38. The Balaban J connectivity index is 2.59. The van der Waals surface area contributed by atoms with Crippen molar-refractivity contribution in [2.75, 3.05) is 5.73 Å². The van der Waals surface area contributed by atoms with Gasteiger partial charge in [-0.3, -0.25) is 19.4 Å². The van der Waals surface area contributed by atoms with Gasteiger partial charge in [-0.2, -0.15) is 4.98 Å². The monoisotopic (exact) mass is 328 g/mol. The molecular formula is C11H9ClN4O4S. The first-order chi connectivity index (χ1) is 9.79. The first kappa shape index (κ1) is 15.1. The summed E-state index contributed by atoms with van der Waals surface area (Å²) in [5.41, 5.74) is 3.79. The van der Waals surface area contributed by atoms with Crippen molar-refractivity contribution in [1.29, 1.82) is 0 Å². The maximum atomic E-state index is 11.3. The van der Waals surface area contributed by atoms with Crippen LogP contribution in [0.2, 0.25) is 5.02 Å². The molecule has 0 saturated heterocycles. The highest BCUT2D eigenvalue weighted by Crippen LogP contribution is 2.36. The summed E-state index contributed by atoms with van der Waals surface area (Å²) in [5, 5.41) is 11.6. The standard InChI is InChI=1S/C11H9ClN4O4S/c1-16-11(14-8(17)9(18)15-16)21-7-5(10(19)20)2-4(13)3-6(7)12/h2-3H,13H2,1H3,(H,15,18)(H,19,20). The minimum atomic E-state index is -1.22. The minimum Gasteiger partial charge on any atom is -0.478 e. The van der Waals surface area contributed by atoms with Crippen molar-refractivity contribution >= 4 is 35.0 Å². The van der Waals surface area contributed by atoms with Crippen LogP contribution < -0.4 is 16.9 Å². The van der Waals surface area contributed by atoms with Crippen molar-refractivity contribution in [3.8, 4) is 0 Å². The van der Waals surface area contributed by atoms with Gasteiger partial charge >= 0.3 is 17.1 Å². The molecule has 1 heterocycles. The summed E-state index contributed by atoms with van der Waals surface area (Å²) >= 11 is 6.84. The number of nitrogens with zero attached hydrogens (tertiary/aromatic N) is 2. The number of benzene rings is 1. The maximum Gasteiger partial charge on any atom is 0.339 e. The Bertz CT molecular complexity index is 845. The lowest BCUT2D eigenvalue weighted by Crippen LogP contribution is -2.33. The van der Waals surface area contributed by atoms with E-state index in [2.05, 4.69) is 10.1 Å². The van der Waals surface area contributed by atoms with Crippen molar-refractivity contribution in [3.63, 3.8) is 0 Å². The fourth-order valence-electron chi connectivity index (χ4n) is 1.52. The number of nitrogens with two attached hydrogens (primary N) is 1. The number of aryl methyl sites for hydroxylation is 1. The number of carboxylic acids is 1.